The Morgan fingerprint density at radius 2 is 2.21 bits per heavy atom. The van der Waals surface area contributed by atoms with Crippen LogP contribution < -0.4 is 9.64 Å². The van der Waals surface area contributed by atoms with Crippen molar-refractivity contribution in [1.29, 1.82) is 0 Å². The van der Waals surface area contributed by atoms with E-state index >= 15 is 0 Å². The van der Waals surface area contributed by atoms with E-state index in [1.807, 2.05) is 0 Å². The van der Waals surface area contributed by atoms with Crippen molar-refractivity contribution >= 4 is 17.3 Å². The Kier molecular flexibility index (Phi) is 3.55. The van der Waals surface area contributed by atoms with Crippen molar-refractivity contribution < 1.29 is 19.6 Å². The van der Waals surface area contributed by atoms with Crippen molar-refractivity contribution in [3.05, 3.63) is 28.3 Å². The van der Waals surface area contributed by atoms with Gasteiger partial charge >= 0.3 is 5.97 Å². The first-order valence-corrected chi connectivity index (χ1v) is 5.83. The van der Waals surface area contributed by atoms with E-state index in [1.165, 1.54) is 19.2 Å². The monoisotopic (exact) mass is 266 g/mol. The maximum Gasteiger partial charge on any atom is 0.323 e. The second-order valence-corrected chi connectivity index (χ2v) is 4.40. The summed E-state index contributed by atoms with van der Waals surface area (Å²) in [5.74, 6) is -0.613. The summed E-state index contributed by atoms with van der Waals surface area (Å²) in [4.78, 5) is 22.9. The molecule has 1 aliphatic rings. The van der Waals surface area contributed by atoms with Gasteiger partial charge < -0.3 is 14.7 Å². The summed E-state index contributed by atoms with van der Waals surface area (Å²) in [6.45, 7) is -0.172. The lowest BCUT2D eigenvalue weighted by atomic mass is 10.2. The molecule has 7 heteroatoms. The molecule has 1 aliphatic carbocycles. The van der Waals surface area contributed by atoms with Gasteiger partial charge in [-0.05, 0) is 12.8 Å². The van der Waals surface area contributed by atoms with Crippen LogP contribution in [0.3, 0.4) is 0 Å². The van der Waals surface area contributed by atoms with Crippen LogP contribution in [0.2, 0.25) is 0 Å². The minimum absolute atomic E-state index is 0.106. The number of benzene rings is 1. The molecule has 0 spiro atoms. The molecule has 0 atom stereocenters. The number of rotatable bonds is 6. The van der Waals surface area contributed by atoms with Crippen molar-refractivity contribution in [3.63, 3.8) is 0 Å². The van der Waals surface area contributed by atoms with E-state index in [0.717, 1.165) is 12.8 Å². The van der Waals surface area contributed by atoms with Crippen molar-refractivity contribution in [2.45, 2.75) is 18.9 Å². The van der Waals surface area contributed by atoms with Crippen molar-refractivity contribution in [2.24, 2.45) is 0 Å². The molecule has 19 heavy (non-hydrogen) atoms. The van der Waals surface area contributed by atoms with E-state index in [0.29, 0.717) is 11.4 Å². The standard InChI is InChI=1S/C12H14N2O5/c1-19-11-5-9(4-10(6-11)14(17)18)13(7-12(15)16)8-2-3-8/h4-6,8H,2-3,7H2,1H3,(H,15,16). The molecule has 0 bridgehead atoms. The molecule has 0 heterocycles. The number of non-ortho nitro benzene ring substituents is 1. The summed E-state index contributed by atoms with van der Waals surface area (Å²) in [6.07, 6.45) is 1.80. The summed E-state index contributed by atoms with van der Waals surface area (Å²) in [7, 11) is 1.42. The maximum absolute atomic E-state index is 10.9. The average Bonchev–Trinajstić information content (AvgIpc) is 3.19. The number of ether oxygens (including phenoxy) is 1. The topological polar surface area (TPSA) is 92.9 Å². The zero-order valence-electron chi connectivity index (χ0n) is 10.4. The Labute approximate surface area is 109 Å². The lowest BCUT2D eigenvalue weighted by Gasteiger charge is -2.22. The number of hydrogen-bond acceptors (Lipinski definition) is 5. The third-order valence-corrected chi connectivity index (χ3v) is 2.95. The van der Waals surface area contributed by atoms with Crippen molar-refractivity contribution in [3.8, 4) is 5.75 Å². The van der Waals surface area contributed by atoms with Gasteiger partial charge in [0.25, 0.3) is 5.69 Å². The van der Waals surface area contributed by atoms with E-state index in [9.17, 15) is 14.9 Å². The number of carbonyl (C=O) groups is 1. The number of nitro benzene ring substituents is 1. The van der Waals surface area contributed by atoms with Crippen molar-refractivity contribution in [1.82, 2.24) is 0 Å². The molecule has 0 aliphatic heterocycles. The van der Waals surface area contributed by atoms with Gasteiger partial charge in [-0.15, -0.1) is 0 Å². The number of nitrogens with zero attached hydrogens (tertiary/aromatic N) is 2. The summed E-state index contributed by atoms with van der Waals surface area (Å²) in [6, 6.07) is 4.45. The predicted molar refractivity (Wildman–Crippen MR) is 67.7 cm³/mol. The molecule has 1 aromatic carbocycles. The second-order valence-electron chi connectivity index (χ2n) is 4.40. The largest absolute Gasteiger partial charge is 0.496 e. The number of carboxylic acid groups (broad SMARTS) is 1. The van der Waals surface area contributed by atoms with Gasteiger partial charge in [-0.1, -0.05) is 0 Å². The van der Waals surface area contributed by atoms with Crippen LogP contribution in [0.4, 0.5) is 11.4 Å². The van der Waals surface area contributed by atoms with Gasteiger partial charge in [-0.25, -0.2) is 0 Å². The molecule has 0 radical (unpaired) electrons. The molecule has 1 saturated carbocycles. The molecule has 2 rings (SSSR count). The van der Waals surface area contributed by atoms with Crippen LogP contribution in [0.25, 0.3) is 0 Å². The van der Waals surface area contributed by atoms with Gasteiger partial charge in [0.1, 0.15) is 12.3 Å². The van der Waals surface area contributed by atoms with Crippen LogP contribution in [-0.2, 0) is 4.79 Å². The summed E-state index contributed by atoms with van der Waals surface area (Å²) < 4.78 is 5.02. The van der Waals surface area contributed by atoms with Crippen LogP contribution in [0.5, 0.6) is 5.75 Å². The number of nitro groups is 1. The fourth-order valence-electron chi connectivity index (χ4n) is 1.92. The zero-order chi connectivity index (χ0) is 14.0. The van der Waals surface area contributed by atoms with Gasteiger partial charge in [0.15, 0.2) is 0 Å². The number of anilines is 1. The van der Waals surface area contributed by atoms with Crippen molar-refractivity contribution in [2.75, 3.05) is 18.6 Å². The zero-order valence-corrected chi connectivity index (χ0v) is 10.4. The van der Waals surface area contributed by atoms with Crippen LogP contribution >= 0.6 is 0 Å². The van der Waals surface area contributed by atoms with Crippen LogP contribution in [0.1, 0.15) is 12.8 Å². The van der Waals surface area contributed by atoms with Crippen LogP contribution in [-0.4, -0.2) is 35.7 Å². The van der Waals surface area contributed by atoms with Gasteiger partial charge in [0, 0.05) is 23.9 Å². The van der Waals surface area contributed by atoms with E-state index in [2.05, 4.69) is 0 Å². The van der Waals surface area contributed by atoms with Gasteiger partial charge in [0.05, 0.1) is 18.1 Å². The highest BCUT2D eigenvalue weighted by Crippen LogP contribution is 2.35. The molecule has 1 N–H and O–H groups in total. The van der Waals surface area contributed by atoms with Gasteiger partial charge in [-0.2, -0.15) is 0 Å². The van der Waals surface area contributed by atoms with E-state index < -0.39 is 10.9 Å². The average molecular weight is 266 g/mol. The lowest BCUT2D eigenvalue weighted by Crippen LogP contribution is -2.31. The quantitative estimate of drug-likeness (QED) is 0.621. The second kappa shape index (κ2) is 5.13. The smallest absolute Gasteiger partial charge is 0.323 e. The molecular weight excluding hydrogens is 252 g/mol. The van der Waals surface area contributed by atoms with Crippen LogP contribution in [0, 0.1) is 10.1 Å². The van der Waals surface area contributed by atoms with Gasteiger partial charge in [0.2, 0.25) is 0 Å². The molecule has 1 fully saturated rings. The molecule has 102 valence electrons. The summed E-state index contributed by atoms with van der Waals surface area (Å²) >= 11 is 0. The van der Waals surface area contributed by atoms with Crippen LogP contribution in [0.15, 0.2) is 18.2 Å². The molecular formula is C12H14N2O5. The highest BCUT2D eigenvalue weighted by molar-refractivity contribution is 5.75. The Morgan fingerprint density at radius 1 is 1.53 bits per heavy atom. The highest BCUT2D eigenvalue weighted by Gasteiger charge is 2.31. The first-order chi connectivity index (χ1) is 9.01. The number of hydrogen-bond donors (Lipinski definition) is 1. The molecule has 0 aromatic heterocycles. The Hall–Kier alpha value is -2.31. The highest BCUT2D eigenvalue weighted by atomic mass is 16.6. The number of aliphatic carboxylic acids is 1. The molecule has 7 nitrogen and oxygen atoms in total. The fraction of sp³-hybridized carbons (Fsp3) is 0.417. The maximum atomic E-state index is 10.9. The number of carboxylic acids is 1. The minimum Gasteiger partial charge on any atom is -0.496 e. The van der Waals surface area contributed by atoms with E-state index in [1.54, 1.807) is 11.0 Å². The van der Waals surface area contributed by atoms with Gasteiger partial charge in [-0.3, -0.25) is 14.9 Å². The minimum atomic E-state index is -0.961. The normalized spacial score (nSPS) is 13.9. The number of methoxy groups -OCH3 is 1. The molecule has 0 saturated heterocycles. The van der Waals surface area contributed by atoms with E-state index in [-0.39, 0.29) is 18.3 Å². The first-order valence-electron chi connectivity index (χ1n) is 5.83. The Balaban J connectivity index is 2.37. The third kappa shape index (κ3) is 3.12. The predicted octanol–water partition coefficient (Wildman–Crippen LogP) is 1.66. The molecule has 0 unspecified atom stereocenters. The SMILES string of the molecule is COc1cc(N(CC(=O)O)C2CC2)cc([N+](=O)[O-])c1. The Bertz CT molecular complexity index is 513. The fourth-order valence-corrected chi connectivity index (χ4v) is 1.92. The molecule has 1 aromatic rings. The molecule has 0 amide bonds. The lowest BCUT2D eigenvalue weighted by molar-refractivity contribution is -0.384. The summed E-state index contributed by atoms with van der Waals surface area (Å²) in [5.41, 5.74) is 0.404. The first kappa shape index (κ1) is 13.1. The summed E-state index contributed by atoms with van der Waals surface area (Å²) in [5, 5.41) is 19.8. The van der Waals surface area contributed by atoms with E-state index in [4.69, 9.17) is 9.84 Å². The third-order valence-electron chi connectivity index (χ3n) is 2.95. The Morgan fingerprint density at radius 3 is 2.68 bits per heavy atom.